The molecule has 6 heteroatoms. The molecule has 5 nitrogen and oxygen atoms in total. The van der Waals surface area contributed by atoms with E-state index in [1.54, 1.807) is 36.4 Å². The summed E-state index contributed by atoms with van der Waals surface area (Å²) in [6.07, 6.45) is 1.78. The van der Waals surface area contributed by atoms with Gasteiger partial charge in [-0.2, -0.15) is 0 Å². The number of amides is 2. The Hall–Kier alpha value is -2.50. The van der Waals surface area contributed by atoms with E-state index in [0.29, 0.717) is 16.3 Å². The SMILES string of the molecule is O=C(c1ccc(Cl)cc1)[C@@H]1[C@@H]2C(=O)N(c3ccccc3)C(=O)[C@@H]2[C@@H]2CCCN12. The molecule has 0 aliphatic carbocycles. The molecular weight excluding hydrogens is 376 g/mol. The number of Topliss-reactive ketones (excluding diaryl/α,β-unsaturated/α-hetero) is 1. The van der Waals surface area contributed by atoms with Gasteiger partial charge in [0.1, 0.15) is 0 Å². The molecular formula is C22H19ClN2O3. The van der Waals surface area contributed by atoms with Gasteiger partial charge in [-0.25, -0.2) is 4.90 Å². The molecule has 142 valence electrons. The first-order valence-electron chi connectivity index (χ1n) is 9.56. The minimum absolute atomic E-state index is 0.0450. The third-order valence-electron chi connectivity index (χ3n) is 6.26. The topological polar surface area (TPSA) is 57.7 Å². The van der Waals surface area contributed by atoms with Gasteiger partial charge in [-0.1, -0.05) is 29.8 Å². The third-order valence-corrected chi connectivity index (χ3v) is 6.52. The van der Waals surface area contributed by atoms with E-state index in [2.05, 4.69) is 4.90 Å². The molecule has 4 atom stereocenters. The zero-order valence-electron chi connectivity index (χ0n) is 15.1. The maximum absolute atomic E-state index is 13.4. The fourth-order valence-corrected chi connectivity index (χ4v) is 5.26. The van der Waals surface area contributed by atoms with Gasteiger partial charge < -0.3 is 0 Å². The Kier molecular flexibility index (Phi) is 4.11. The molecule has 5 rings (SSSR count). The molecule has 3 saturated heterocycles. The van der Waals surface area contributed by atoms with Gasteiger partial charge in [-0.05, 0) is 55.8 Å². The number of hydrogen-bond donors (Lipinski definition) is 0. The standard InChI is InChI=1S/C22H19ClN2O3/c23-14-10-8-13(9-11-14)20(26)19-18-17(16-7-4-12-24(16)19)21(27)25(22(18)28)15-5-2-1-3-6-15/h1-3,5-6,8-11,16-19H,4,7,12H2/t16-,17+,18+,19-/m0/s1. The number of para-hydroxylation sites is 1. The van der Waals surface area contributed by atoms with Crippen LogP contribution in [0.3, 0.4) is 0 Å². The van der Waals surface area contributed by atoms with Crippen LogP contribution in [0.5, 0.6) is 0 Å². The molecule has 2 aromatic carbocycles. The summed E-state index contributed by atoms with van der Waals surface area (Å²) in [6.45, 7) is 0.744. The van der Waals surface area contributed by atoms with Crippen LogP contribution in [0.1, 0.15) is 23.2 Å². The van der Waals surface area contributed by atoms with Gasteiger partial charge in [0.2, 0.25) is 11.8 Å². The fraction of sp³-hybridized carbons (Fsp3) is 0.318. The number of anilines is 1. The molecule has 3 aliphatic rings. The van der Waals surface area contributed by atoms with E-state index in [0.717, 1.165) is 19.4 Å². The Morgan fingerprint density at radius 3 is 2.32 bits per heavy atom. The first-order valence-corrected chi connectivity index (χ1v) is 9.94. The van der Waals surface area contributed by atoms with Gasteiger partial charge in [0.25, 0.3) is 0 Å². The predicted molar refractivity (Wildman–Crippen MR) is 105 cm³/mol. The van der Waals surface area contributed by atoms with Gasteiger partial charge in [0.15, 0.2) is 5.78 Å². The van der Waals surface area contributed by atoms with Gasteiger partial charge in [-0.3, -0.25) is 19.3 Å². The highest BCUT2D eigenvalue weighted by Gasteiger charge is 2.64. The maximum atomic E-state index is 13.4. The Morgan fingerprint density at radius 1 is 0.929 bits per heavy atom. The summed E-state index contributed by atoms with van der Waals surface area (Å²) in [5, 5.41) is 0.558. The highest BCUT2D eigenvalue weighted by Crippen LogP contribution is 2.48. The highest BCUT2D eigenvalue weighted by molar-refractivity contribution is 6.30. The monoisotopic (exact) mass is 394 g/mol. The Bertz CT molecular complexity index is 960. The van der Waals surface area contributed by atoms with Crippen LogP contribution in [-0.4, -0.2) is 41.1 Å². The molecule has 0 unspecified atom stereocenters. The first-order chi connectivity index (χ1) is 13.6. The number of carbonyl (C=O) groups is 3. The molecule has 2 amide bonds. The van der Waals surface area contributed by atoms with E-state index in [1.165, 1.54) is 4.90 Å². The summed E-state index contributed by atoms with van der Waals surface area (Å²) in [4.78, 5) is 43.3. The molecule has 2 aromatic rings. The minimum Gasteiger partial charge on any atom is -0.292 e. The van der Waals surface area contributed by atoms with E-state index in [4.69, 9.17) is 11.6 Å². The lowest BCUT2D eigenvalue weighted by Crippen LogP contribution is -2.46. The van der Waals surface area contributed by atoms with Crippen LogP contribution >= 0.6 is 11.6 Å². The van der Waals surface area contributed by atoms with Gasteiger partial charge in [-0.15, -0.1) is 0 Å². The van der Waals surface area contributed by atoms with E-state index >= 15 is 0 Å². The highest BCUT2D eigenvalue weighted by atomic mass is 35.5. The van der Waals surface area contributed by atoms with Crippen molar-refractivity contribution in [2.75, 3.05) is 11.4 Å². The van der Waals surface area contributed by atoms with Crippen molar-refractivity contribution in [1.29, 1.82) is 0 Å². The van der Waals surface area contributed by atoms with E-state index in [9.17, 15) is 14.4 Å². The number of ketones is 1. The Balaban J connectivity index is 1.55. The Morgan fingerprint density at radius 2 is 1.61 bits per heavy atom. The van der Waals surface area contributed by atoms with Crippen molar-refractivity contribution in [1.82, 2.24) is 4.90 Å². The number of imide groups is 1. The summed E-state index contributed by atoms with van der Waals surface area (Å²) in [5.74, 6) is -1.61. The number of rotatable bonds is 3. The van der Waals surface area contributed by atoms with Crippen LogP contribution in [0.2, 0.25) is 5.02 Å². The summed E-state index contributed by atoms with van der Waals surface area (Å²) < 4.78 is 0. The average Bonchev–Trinajstić information content (AvgIpc) is 3.35. The number of fused-ring (bicyclic) bond motifs is 3. The Labute approximate surface area is 167 Å². The van der Waals surface area contributed by atoms with E-state index < -0.39 is 17.9 Å². The summed E-state index contributed by atoms with van der Waals surface area (Å²) in [6, 6.07) is 15.1. The second-order valence-electron chi connectivity index (χ2n) is 7.66. The quantitative estimate of drug-likeness (QED) is 0.592. The molecule has 0 radical (unpaired) electrons. The van der Waals surface area contributed by atoms with Gasteiger partial charge in [0.05, 0.1) is 23.6 Å². The smallest absolute Gasteiger partial charge is 0.239 e. The van der Waals surface area contributed by atoms with Crippen molar-refractivity contribution in [2.45, 2.75) is 24.9 Å². The summed E-state index contributed by atoms with van der Waals surface area (Å²) >= 11 is 5.96. The largest absolute Gasteiger partial charge is 0.292 e. The second kappa shape index (κ2) is 6.54. The number of nitrogens with zero attached hydrogens (tertiary/aromatic N) is 2. The normalized spacial score (nSPS) is 29.2. The van der Waals surface area contributed by atoms with Crippen molar-refractivity contribution >= 4 is 34.9 Å². The van der Waals surface area contributed by atoms with Crippen molar-refractivity contribution in [3.8, 4) is 0 Å². The molecule has 0 bridgehead atoms. The van der Waals surface area contributed by atoms with Crippen LogP contribution in [0.15, 0.2) is 54.6 Å². The van der Waals surface area contributed by atoms with Crippen LogP contribution in [0, 0.1) is 11.8 Å². The lowest BCUT2D eigenvalue weighted by atomic mass is 9.85. The van der Waals surface area contributed by atoms with Crippen molar-refractivity contribution < 1.29 is 14.4 Å². The zero-order valence-corrected chi connectivity index (χ0v) is 15.9. The average molecular weight is 395 g/mol. The number of hydrogen-bond acceptors (Lipinski definition) is 4. The third kappa shape index (κ3) is 2.46. The van der Waals surface area contributed by atoms with E-state index in [-0.39, 0.29) is 23.6 Å². The van der Waals surface area contributed by atoms with Crippen molar-refractivity contribution in [3.63, 3.8) is 0 Å². The maximum Gasteiger partial charge on any atom is 0.239 e. The summed E-state index contributed by atoms with van der Waals surface area (Å²) in [5.41, 5.74) is 1.10. The fourth-order valence-electron chi connectivity index (χ4n) is 5.13. The minimum atomic E-state index is -0.624. The van der Waals surface area contributed by atoms with E-state index in [1.807, 2.05) is 18.2 Å². The van der Waals surface area contributed by atoms with Gasteiger partial charge in [0, 0.05) is 16.6 Å². The van der Waals surface area contributed by atoms with Crippen LogP contribution < -0.4 is 4.90 Å². The molecule has 3 heterocycles. The zero-order chi connectivity index (χ0) is 19.4. The van der Waals surface area contributed by atoms with Gasteiger partial charge >= 0.3 is 0 Å². The first kappa shape index (κ1) is 17.6. The molecule has 28 heavy (non-hydrogen) atoms. The van der Waals surface area contributed by atoms with Crippen molar-refractivity contribution in [2.24, 2.45) is 11.8 Å². The second-order valence-corrected chi connectivity index (χ2v) is 8.10. The number of carbonyl (C=O) groups excluding carboxylic acids is 3. The number of halogens is 1. The molecule has 3 fully saturated rings. The van der Waals surface area contributed by atoms with Crippen molar-refractivity contribution in [3.05, 3.63) is 65.2 Å². The lowest BCUT2D eigenvalue weighted by Gasteiger charge is -2.27. The summed E-state index contributed by atoms with van der Waals surface area (Å²) in [7, 11) is 0. The molecule has 0 spiro atoms. The molecule has 0 saturated carbocycles. The molecule has 0 aromatic heterocycles. The molecule has 3 aliphatic heterocycles. The number of benzene rings is 2. The van der Waals surface area contributed by atoms with Crippen LogP contribution in [-0.2, 0) is 9.59 Å². The van der Waals surface area contributed by atoms with Crippen LogP contribution in [0.4, 0.5) is 5.69 Å². The van der Waals surface area contributed by atoms with Crippen LogP contribution in [0.25, 0.3) is 0 Å². The lowest BCUT2D eigenvalue weighted by molar-refractivity contribution is -0.123. The predicted octanol–water partition coefficient (Wildman–Crippen LogP) is 3.18. The molecule has 0 N–H and O–H groups in total.